The Kier molecular flexibility index (Phi) is 3.55. The van der Waals surface area contributed by atoms with E-state index in [-0.39, 0.29) is 0 Å². The van der Waals surface area contributed by atoms with Gasteiger partial charge in [-0.15, -0.1) is 0 Å². The first-order valence-corrected chi connectivity index (χ1v) is 6.52. The number of hydrogen-bond acceptors (Lipinski definition) is 2. The van der Waals surface area contributed by atoms with Gasteiger partial charge < -0.3 is 5.32 Å². The molecule has 1 N–H and O–H groups in total. The lowest BCUT2D eigenvalue weighted by atomic mass is 10.3. The molecule has 2 rings (SSSR count). The lowest BCUT2D eigenvalue weighted by molar-refractivity contribution is 0.567. The third kappa shape index (κ3) is 2.25. The molecule has 3 nitrogen and oxygen atoms in total. The normalized spacial score (nSPS) is 23.8. The Labute approximate surface area is 102 Å². The molecule has 1 heterocycles. The minimum absolute atomic E-state index is 0.682. The number of nitrogens with zero attached hydrogens (tertiary/aromatic N) is 2. The predicted octanol–water partition coefficient (Wildman–Crippen LogP) is 2.62. The molecule has 0 amide bonds. The van der Waals surface area contributed by atoms with E-state index >= 15 is 0 Å². The van der Waals surface area contributed by atoms with Crippen molar-refractivity contribution in [2.24, 2.45) is 5.92 Å². The molecule has 2 unspecified atom stereocenters. The van der Waals surface area contributed by atoms with Crippen molar-refractivity contribution in [3.8, 4) is 0 Å². The van der Waals surface area contributed by atoms with Crippen molar-refractivity contribution in [3.63, 3.8) is 0 Å². The van der Waals surface area contributed by atoms with E-state index in [9.17, 15) is 0 Å². The highest BCUT2D eigenvalue weighted by Crippen LogP contribution is 2.30. The SMILES string of the molecule is CCc1nn(CC)c(CNC2CC2C)c1Cl. The van der Waals surface area contributed by atoms with Crippen LogP contribution in [0.25, 0.3) is 0 Å². The van der Waals surface area contributed by atoms with Gasteiger partial charge >= 0.3 is 0 Å². The molecule has 90 valence electrons. The fourth-order valence-corrected chi connectivity index (χ4v) is 2.36. The third-order valence-electron chi connectivity index (χ3n) is 3.34. The fraction of sp³-hybridized carbons (Fsp3) is 0.750. The summed E-state index contributed by atoms with van der Waals surface area (Å²) in [5.74, 6) is 0.822. The van der Waals surface area contributed by atoms with Gasteiger partial charge in [0.1, 0.15) is 0 Å². The number of halogens is 1. The average molecular weight is 242 g/mol. The number of aryl methyl sites for hydroxylation is 2. The average Bonchev–Trinajstić information content (AvgIpc) is 2.89. The molecule has 0 aromatic carbocycles. The maximum absolute atomic E-state index is 6.33. The molecule has 0 radical (unpaired) electrons. The molecule has 1 fully saturated rings. The summed E-state index contributed by atoms with van der Waals surface area (Å²) in [6.07, 6.45) is 2.19. The lowest BCUT2D eigenvalue weighted by Crippen LogP contribution is -2.19. The van der Waals surface area contributed by atoms with Gasteiger partial charge in [0, 0.05) is 19.1 Å². The summed E-state index contributed by atoms with van der Waals surface area (Å²) >= 11 is 6.33. The number of rotatable bonds is 5. The van der Waals surface area contributed by atoms with Crippen molar-refractivity contribution >= 4 is 11.6 Å². The molecule has 0 spiro atoms. The number of nitrogens with one attached hydrogen (secondary N) is 1. The highest BCUT2D eigenvalue weighted by Gasteiger charge is 2.32. The van der Waals surface area contributed by atoms with Crippen LogP contribution >= 0.6 is 11.6 Å². The molecule has 1 aliphatic rings. The van der Waals surface area contributed by atoms with Gasteiger partial charge in [-0.25, -0.2) is 0 Å². The van der Waals surface area contributed by atoms with Crippen molar-refractivity contribution in [2.45, 2.75) is 52.7 Å². The summed E-state index contributed by atoms with van der Waals surface area (Å²) in [6.45, 7) is 8.19. The molecule has 1 saturated carbocycles. The van der Waals surface area contributed by atoms with Gasteiger partial charge in [0.15, 0.2) is 0 Å². The Morgan fingerprint density at radius 3 is 2.69 bits per heavy atom. The van der Waals surface area contributed by atoms with Crippen molar-refractivity contribution in [2.75, 3.05) is 0 Å². The Morgan fingerprint density at radius 2 is 2.19 bits per heavy atom. The third-order valence-corrected chi connectivity index (χ3v) is 3.77. The van der Waals surface area contributed by atoms with Crippen LogP contribution in [-0.4, -0.2) is 15.8 Å². The molecule has 0 saturated heterocycles. The molecule has 1 aliphatic carbocycles. The van der Waals surface area contributed by atoms with E-state index in [1.807, 2.05) is 4.68 Å². The van der Waals surface area contributed by atoms with Gasteiger partial charge in [-0.3, -0.25) is 4.68 Å². The van der Waals surface area contributed by atoms with E-state index in [0.717, 1.165) is 41.8 Å². The molecule has 1 aromatic heterocycles. The van der Waals surface area contributed by atoms with Gasteiger partial charge in [0.25, 0.3) is 0 Å². The molecule has 2 atom stereocenters. The summed E-state index contributed by atoms with van der Waals surface area (Å²) in [5.41, 5.74) is 2.16. The van der Waals surface area contributed by atoms with Crippen LogP contribution in [0.3, 0.4) is 0 Å². The van der Waals surface area contributed by atoms with E-state index in [4.69, 9.17) is 11.6 Å². The van der Waals surface area contributed by atoms with Crippen molar-refractivity contribution in [3.05, 3.63) is 16.4 Å². The zero-order valence-corrected chi connectivity index (χ0v) is 11.0. The van der Waals surface area contributed by atoms with Gasteiger partial charge in [-0.2, -0.15) is 5.10 Å². The molecule has 0 aliphatic heterocycles. The Balaban J connectivity index is 2.08. The first-order valence-electron chi connectivity index (χ1n) is 6.14. The van der Waals surface area contributed by atoms with Gasteiger partial charge in [0.2, 0.25) is 0 Å². The monoisotopic (exact) mass is 241 g/mol. The van der Waals surface area contributed by atoms with Gasteiger partial charge in [-0.05, 0) is 25.7 Å². The smallest absolute Gasteiger partial charge is 0.0863 e. The van der Waals surface area contributed by atoms with Crippen molar-refractivity contribution in [1.82, 2.24) is 15.1 Å². The fourth-order valence-electron chi connectivity index (χ4n) is 2.02. The van der Waals surface area contributed by atoms with Crippen LogP contribution in [0.2, 0.25) is 5.02 Å². The second-order valence-corrected chi connectivity index (χ2v) is 4.96. The number of aromatic nitrogens is 2. The second kappa shape index (κ2) is 4.76. The quantitative estimate of drug-likeness (QED) is 0.859. The first-order chi connectivity index (χ1) is 7.67. The molecule has 4 heteroatoms. The topological polar surface area (TPSA) is 29.9 Å². The molecule has 0 bridgehead atoms. The van der Waals surface area contributed by atoms with Crippen LogP contribution in [0.4, 0.5) is 0 Å². The number of hydrogen-bond donors (Lipinski definition) is 1. The van der Waals surface area contributed by atoms with E-state index in [0.29, 0.717) is 6.04 Å². The summed E-state index contributed by atoms with van der Waals surface area (Å²) in [4.78, 5) is 0. The summed E-state index contributed by atoms with van der Waals surface area (Å²) in [7, 11) is 0. The minimum Gasteiger partial charge on any atom is -0.308 e. The maximum atomic E-state index is 6.33. The van der Waals surface area contributed by atoms with Crippen LogP contribution in [0.15, 0.2) is 0 Å². The minimum atomic E-state index is 0.682. The van der Waals surface area contributed by atoms with Crippen molar-refractivity contribution in [1.29, 1.82) is 0 Å². The van der Waals surface area contributed by atoms with Crippen LogP contribution < -0.4 is 5.32 Å². The maximum Gasteiger partial charge on any atom is 0.0863 e. The first kappa shape index (κ1) is 11.9. The Hall–Kier alpha value is -0.540. The van der Waals surface area contributed by atoms with E-state index in [2.05, 4.69) is 31.2 Å². The van der Waals surface area contributed by atoms with Gasteiger partial charge in [-0.1, -0.05) is 25.4 Å². The van der Waals surface area contributed by atoms with E-state index < -0.39 is 0 Å². The summed E-state index contributed by atoms with van der Waals surface area (Å²) in [5, 5.41) is 8.89. The highest BCUT2D eigenvalue weighted by atomic mass is 35.5. The zero-order chi connectivity index (χ0) is 11.7. The van der Waals surface area contributed by atoms with E-state index in [1.165, 1.54) is 6.42 Å². The highest BCUT2D eigenvalue weighted by molar-refractivity contribution is 6.31. The molecule has 1 aromatic rings. The van der Waals surface area contributed by atoms with Crippen LogP contribution in [0.1, 0.15) is 38.6 Å². The molecular formula is C12H20ClN3. The van der Waals surface area contributed by atoms with E-state index in [1.54, 1.807) is 0 Å². The lowest BCUT2D eigenvalue weighted by Gasteiger charge is -2.06. The molecular weight excluding hydrogens is 222 g/mol. The van der Waals surface area contributed by atoms with Crippen LogP contribution in [0.5, 0.6) is 0 Å². The van der Waals surface area contributed by atoms with Crippen LogP contribution in [0, 0.1) is 5.92 Å². The Bertz CT molecular complexity index is 373. The summed E-state index contributed by atoms with van der Waals surface area (Å²) < 4.78 is 2.02. The van der Waals surface area contributed by atoms with Gasteiger partial charge in [0.05, 0.1) is 16.4 Å². The standard InChI is InChI=1S/C12H20ClN3/c1-4-9-12(13)11(16(5-2)15-9)7-14-10-6-8(10)3/h8,10,14H,4-7H2,1-3H3. The largest absolute Gasteiger partial charge is 0.308 e. The second-order valence-electron chi connectivity index (χ2n) is 4.58. The Morgan fingerprint density at radius 1 is 1.50 bits per heavy atom. The predicted molar refractivity (Wildman–Crippen MR) is 66.7 cm³/mol. The molecule has 16 heavy (non-hydrogen) atoms. The van der Waals surface area contributed by atoms with Crippen molar-refractivity contribution < 1.29 is 0 Å². The van der Waals surface area contributed by atoms with Crippen LogP contribution in [-0.2, 0) is 19.5 Å². The zero-order valence-electron chi connectivity index (χ0n) is 10.3. The summed E-state index contributed by atoms with van der Waals surface area (Å²) in [6, 6.07) is 0.682.